The first-order valence-corrected chi connectivity index (χ1v) is 5.44. The number of aliphatic carboxylic acids is 1. The van der Waals surface area contributed by atoms with E-state index in [0.717, 1.165) is 12.8 Å². The number of carbonyl (C=O) groups excluding carboxylic acids is 1. The highest BCUT2D eigenvalue weighted by atomic mass is 16.6. The molecule has 1 amide bonds. The van der Waals surface area contributed by atoms with Crippen LogP contribution in [0.5, 0.6) is 0 Å². The summed E-state index contributed by atoms with van der Waals surface area (Å²) in [5.41, 5.74) is 0. The van der Waals surface area contributed by atoms with E-state index in [1.807, 2.05) is 0 Å². The predicted octanol–water partition coefficient (Wildman–Crippen LogP) is 1.10. The van der Waals surface area contributed by atoms with Gasteiger partial charge >= 0.3 is 12.1 Å². The number of likely N-dealkylation sites (tertiary alicyclic amines) is 1. The molecule has 0 aromatic carbocycles. The molecule has 1 aliphatic heterocycles. The van der Waals surface area contributed by atoms with E-state index in [4.69, 9.17) is 9.84 Å². The van der Waals surface area contributed by atoms with Crippen LogP contribution in [0.1, 0.15) is 12.8 Å². The second-order valence-corrected chi connectivity index (χ2v) is 4.22. The molecule has 3 atom stereocenters. The Kier molecular flexibility index (Phi) is 2.85. The van der Waals surface area contributed by atoms with Crippen molar-refractivity contribution in [3.05, 3.63) is 12.7 Å². The molecular formula is C11H15NO4. The summed E-state index contributed by atoms with van der Waals surface area (Å²) in [6.07, 6.45) is 2.83. The van der Waals surface area contributed by atoms with Crippen LogP contribution >= 0.6 is 0 Å². The Bertz CT molecular complexity index is 328. The summed E-state index contributed by atoms with van der Waals surface area (Å²) in [5.74, 6) is -1.07. The van der Waals surface area contributed by atoms with Crippen molar-refractivity contribution in [3.8, 4) is 0 Å². The smallest absolute Gasteiger partial charge is 0.410 e. The van der Waals surface area contributed by atoms with Gasteiger partial charge in [0.25, 0.3) is 0 Å². The Morgan fingerprint density at radius 2 is 2.31 bits per heavy atom. The van der Waals surface area contributed by atoms with Crippen molar-refractivity contribution in [1.82, 2.24) is 4.90 Å². The summed E-state index contributed by atoms with van der Waals surface area (Å²) in [5, 5.41) is 8.96. The van der Waals surface area contributed by atoms with Gasteiger partial charge in [-0.3, -0.25) is 4.79 Å². The lowest BCUT2D eigenvalue weighted by Gasteiger charge is -2.25. The summed E-state index contributed by atoms with van der Waals surface area (Å²) >= 11 is 0. The van der Waals surface area contributed by atoms with Crippen molar-refractivity contribution < 1.29 is 19.4 Å². The van der Waals surface area contributed by atoms with Crippen molar-refractivity contribution in [2.24, 2.45) is 11.8 Å². The SMILES string of the molecule is C=CCOC(=O)N1CCCC2C(C(=O)O)C21. The minimum atomic E-state index is -0.807. The molecule has 3 unspecified atom stereocenters. The molecule has 1 N–H and O–H groups in total. The number of carboxylic acid groups (broad SMARTS) is 1. The van der Waals surface area contributed by atoms with Crippen LogP contribution in [0.3, 0.4) is 0 Å². The summed E-state index contributed by atoms with van der Waals surface area (Å²) in [7, 11) is 0. The van der Waals surface area contributed by atoms with Crippen LogP contribution in [0.4, 0.5) is 4.79 Å². The number of carbonyl (C=O) groups is 2. The highest BCUT2D eigenvalue weighted by Gasteiger charge is 2.60. The zero-order valence-corrected chi connectivity index (χ0v) is 8.96. The third-order valence-electron chi connectivity index (χ3n) is 3.27. The number of hydrogen-bond acceptors (Lipinski definition) is 3. The zero-order chi connectivity index (χ0) is 11.7. The maximum atomic E-state index is 11.6. The molecule has 2 aliphatic rings. The minimum absolute atomic E-state index is 0.127. The van der Waals surface area contributed by atoms with E-state index in [1.54, 1.807) is 4.90 Å². The lowest BCUT2D eigenvalue weighted by molar-refractivity contribution is -0.139. The van der Waals surface area contributed by atoms with Gasteiger partial charge in [-0.15, -0.1) is 0 Å². The molecule has 5 heteroatoms. The highest BCUT2D eigenvalue weighted by Crippen LogP contribution is 2.49. The third kappa shape index (κ3) is 1.77. The molecule has 2 rings (SSSR count). The van der Waals surface area contributed by atoms with E-state index in [9.17, 15) is 9.59 Å². The molecule has 5 nitrogen and oxygen atoms in total. The third-order valence-corrected chi connectivity index (χ3v) is 3.27. The quantitative estimate of drug-likeness (QED) is 0.730. The fourth-order valence-electron chi connectivity index (χ4n) is 2.53. The maximum absolute atomic E-state index is 11.6. The fourth-order valence-corrected chi connectivity index (χ4v) is 2.53. The van der Waals surface area contributed by atoms with Gasteiger partial charge in [0.05, 0.1) is 12.0 Å². The Balaban J connectivity index is 1.97. The molecule has 0 spiro atoms. The van der Waals surface area contributed by atoms with Crippen molar-refractivity contribution >= 4 is 12.1 Å². The van der Waals surface area contributed by atoms with Gasteiger partial charge in [0, 0.05) is 6.54 Å². The molecular weight excluding hydrogens is 210 g/mol. The predicted molar refractivity (Wildman–Crippen MR) is 55.9 cm³/mol. The fraction of sp³-hybridized carbons (Fsp3) is 0.636. The van der Waals surface area contributed by atoms with Crippen molar-refractivity contribution in [2.45, 2.75) is 18.9 Å². The van der Waals surface area contributed by atoms with Crippen molar-refractivity contribution in [2.75, 3.05) is 13.2 Å². The molecule has 16 heavy (non-hydrogen) atoms. The van der Waals surface area contributed by atoms with Crippen LogP contribution < -0.4 is 0 Å². The van der Waals surface area contributed by atoms with Crippen LogP contribution in [0.15, 0.2) is 12.7 Å². The van der Waals surface area contributed by atoms with Crippen LogP contribution in [-0.2, 0) is 9.53 Å². The number of fused-ring (bicyclic) bond motifs is 1. The molecule has 1 saturated heterocycles. The number of carboxylic acids is 1. The molecule has 2 fully saturated rings. The Labute approximate surface area is 93.7 Å². The van der Waals surface area contributed by atoms with E-state index in [1.165, 1.54) is 6.08 Å². The van der Waals surface area contributed by atoms with Crippen molar-refractivity contribution in [1.29, 1.82) is 0 Å². The standard InChI is InChI=1S/C11H15NO4/c1-2-6-16-11(15)12-5-3-4-7-8(9(7)12)10(13)14/h2,7-9H,1,3-6H2,(H,13,14). The monoisotopic (exact) mass is 225 g/mol. The normalized spacial score (nSPS) is 31.5. The number of nitrogens with zero attached hydrogens (tertiary/aromatic N) is 1. The van der Waals surface area contributed by atoms with E-state index in [2.05, 4.69) is 6.58 Å². The van der Waals surface area contributed by atoms with E-state index in [0.29, 0.717) is 6.54 Å². The van der Waals surface area contributed by atoms with Gasteiger partial charge in [-0.05, 0) is 18.8 Å². The van der Waals surface area contributed by atoms with Gasteiger partial charge in [-0.1, -0.05) is 12.7 Å². The largest absolute Gasteiger partial charge is 0.481 e. The number of ether oxygens (including phenoxy) is 1. The summed E-state index contributed by atoms with van der Waals surface area (Å²) < 4.78 is 4.93. The molecule has 88 valence electrons. The minimum Gasteiger partial charge on any atom is -0.481 e. The van der Waals surface area contributed by atoms with Gasteiger partial charge in [0.2, 0.25) is 0 Å². The first-order valence-electron chi connectivity index (χ1n) is 5.44. The van der Waals surface area contributed by atoms with Crippen LogP contribution in [0.2, 0.25) is 0 Å². The lowest BCUT2D eigenvalue weighted by atomic mass is 10.1. The zero-order valence-electron chi connectivity index (χ0n) is 8.96. The Hall–Kier alpha value is -1.52. The van der Waals surface area contributed by atoms with Crippen LogP contribution in [0, 0.1) is 11.8 Å². The van der Waals surface area contributed by atoms with Gasteiger partial charge in [0.15, 0.2) is 0 Å². The average molecular weight is 225 g/mol. The molecule has 0 bridgehead atoms. The maximum Gasteiger partial charge on any atom is 0.410 e. The van der Waals surface area contributed by atoms with Gasteiger partial charge in [-0.25, -0.2) is 4.79 Å². The summed E-state index contributed by atoms with van der Waals surface area (Å²) in [4.78, 5) is 24.1. The van der Waals surface area contributed by atoms with Crippen LogP contribution in [-0.4, -0.2) is 41.3 Å². The highest BCUT2D eigenvalue weighted by molar-refractivity contribution is 5.78. The number of hydrogen-bond donors (Lipinski definition) is 1. The lowest BCUT2D eigenvalue weighted by Crippen LogP contribution is -2.38. The molecule has 0 aromatic heterocycles. The van der Waals surface area contributed by atoms with E-state index < -0.39 is 18.0 Å². The average Bonchev–Trinajstić information content (AvgIpc) is 2.99. The Morgan fingerprint density at radius 1 is 1.56 bits per heavy atom. The number of amides is 1. The molecule has 1 saturated carbocycles. The van der Waals surface area contributed by atoms with E-state index >= 15 is 0 Å². The number of piperidine rings is 1. The Morgan fingerprint density at radius 3 is 2.94 bits per heavy atom. The van der Waals surface area contributed by atoms with Gasteiger partial charge < -0.3 is 14.7 Å². The van der Waals surface area contributed by atoms with Gasteiger partial charge in [-0.2, -0.15) is 0 Å². The second-order valence-electron chi connectivity index (χ2n) is 4.22. The van der Waals surface area contributed by atoms with E-state index in [-0.39, 0.29) is 18.6 Å². The van der Waals surface area contributed by atoms with Crippen LogP contribution in [0.25, 0.3) is 0 Å². The first-order chi connectivity index (χ1) is 7.66. The molecule has 1 aliphatic carbocycles. The topological polar surface area (TPSA) is 66.8 Å². The van der Waals surface area contributed by atoms with Crippen molar-refractivity contribution in [3.63, 3.8) is 0 Å². The molecule has 0 radical (unpaired) electrons. The first kappa shape index (κ1) is 11.0. The van der Waals surface area contributed by atoms with Gasteiger partial charge in [0.1, 0.15) is 6.61 Å². The summed E-state index contributed by atoms with van der Waals surface area (Å²) in [6.45, 7) is 4.23. The molecule has 0 aromatic rings. The number of rotatable bonds is 3. The second kappa shape index (κ2) is 4.15. The summed E-state index contributed by atoms with van der Waals surface area (Å²) in [6, 6.07) is -0.149. The molecule has 1 heterocycles.